The van der Waals surface area contributed by atoms with E-state index in [4.69, 9.17) is 30.5 Å². The Kier molecular flexibility index (Phi) is 11.2. The molecule has 0 aliphatic rings. The van der Waals surface area contributed by atoms with E-state index in [0.29, 0.717) is 44.7 Å². The molecule has 0 N–H and O–H groups in total. The SMILES string of the molecule is CCCCOCCOCCOCCOc1ccc(Cl)cc1. The number of hydrogen-bond acceptors (Lipinski definition) is 4. The fourth-order valence-electron chi connectivity index (χ4n) is 1.54. The lowest BCUT2D eigenvalue weighted by Gasteiger charge is -2.08. The first kappa shape index (κ1) is 18.2. The number of hydrogen-bond donors (Lipinski definition) is 0. The van der Waals surface area contributed by atoms with Gasteiger partial charge in [-0.15, -0.1) is 0 Å². The maximum Gasteiger partial charge on any atom is 0.119 e. The molecule has 0 saturated carbocycles. The molecule has 5 heteroatoms. The molecule has 0 atom stereocenters. The summed E-state index contributed by atoms with van der Waals surface area (Å²) in [4.78, 5) is 0. The van der Waals surface area contributed by atoms with E-state index in [2.05, 4.69) is 6.92 Å². The summed E-state index contributed by atoms with van der Waals surface area (Å²) in [5.41, 5.74) is 0. The monoisotopic (exact) mass is 316 g/mol. The summed E-state index contributed by atoms with van der Waals surface area (Å²) in [7, 11) is 0. The van der Waals surface area contributed by atoms with Crippen molar-refractivity contribution in [1.29, 1.82) is 0 Å². The van der Waals surface area contributed by atoms with Gasteiger partial charge in [0.05, 0.1) is 33.0 Å². The lowest BCUT2D eigenvalue weighted by Crippen LogP contribution is -2.12. The molecule has 0 heterocycles. The highest BCUT2D eigenvalue weighted by Gasteiger charge is 1.95. The average Bonchev–Trinajstić information content (AvgIpc) is 2.50. The van der Waals surface area contributed by atoms with E-state index in [0.717, 1.165) is 25.2 Å². The number of unbranched alkanes of at least 4 members (excludes halogenated alkanes) is 1. The minimum absolute atomic E-state index is 0.516. The van der Waals surface area contributed by atoms with Crippen molar-refractivity contribution in [2.45, 2.75) is 19.8 Å². The van der Waals surface area contributed by atoms with Crippen LogP contribution in [0.5, 0.6) is 5.75 Å². The summed E-state index contributed by atoms with van der Waals surface area (Å²) in [6.45, 7) is 6.44. The average molecular weight is 317 g/mol. The topological polar surface area (TPSA) is 36.9 Å². The van der Waals surface area contributed by atoms with E-state index in [1.165, 1.54) is 0 Å². The van der Waals surface area contributed by atoms with Crippen LogP contribution in [-0.4, -0.2) is 46.2 Å². The van der Waals surface area contributed by atoms with Crippen molar-refractivity contribution in [3.8, 4) is 5.75 Å². The molecule has 0 bridgehead atoms. The van der Waals surface area contributed by atoms with Gasteiger partial charge in [-0.25, -0.2) is 0 Å². The smallest absolute Gasteiger partial charge is 0.119 e. The van der Waals surface area contributed by atoms with Gasteiger partial charge in [0.25, 0.3) is 0 Å². The zero-order chi connectivity index (χ0) is 15.2. The summed E-state index contributed by atoms with van der Waals surface area (Å²) in [6.07, 6.45) is 2.27. The van der Waals surface area contributed by atoms with Crippen molar-refractivity contribution in [3.63, 3.8) is 0 Å². The van der Waals surface area contributed by atoms with E-state index >= 15 is 0 Å². The highest BCUT2D eigenvalue weighted by Crippen LogP contribution is 2.15. The quantitative estimate of drug-likeness (QED) is 0.521. The van der Waals surface area contributed by atoms with Crippen LogP contribution in [0.25, 0.3) is 0 Å². The van der Waals surface area contributed by atoms with Gasteiger partial charge >= 0.3 is 0 Å². The van der Waals surface area contributed by atoms with E-state index in [1.54, 1.807) is 12.1 Å². The van der Waals surface area contributed by atoms with Crippen molar-refractivity contribution >= 4 is 11.6 Å². The summed E-state index contributed by atoms with van der Waals surface area (Å²) in [5, 5.41) is 0.703. The third kappa shape index (κ3) is 10.5. The van der Waals surface area contributed by atoms with Gasteiger partial charge in [0.1, 0.15) is 12.4 Å². The predicted octanol–water partition coefficient (Wildman–Crippen LogP) is 3.57. The van der Waals surface area contributed by atoms with Gasteiger partial charge in [-0.2, -0.15) is 0 Å². The number of halogens is 1. The van der Waals surface area contributed by atoms with Gasteiger partial charge in [-0.1, -0.05) is 24.9 Å². The molecular formula is C16H25ClO4. The number of rotatable bonds is 13. The van der Waals surface area contributed by atoms with Gasteiger partial charge in [0, 0.05) is 11.6 Å². The molecule has 0 spiro atoms. The summed E-state index contributed by atoms with van der Waals surface area (Å²) in [5.74, 6) is 0.795. The fraction of sp³-hybridized carbons (Fsp3) is 0.625. The summed E-state index contributed by atoms with van der Waals surface area (Å²) < 4.78 is 21.7. The molecular weight excluding hydrogens is 292 g/mol. The Labute approximate surface area is 132 Å². The first-order valence-corrected chi connectivity index (χ1v) is 7.82. The maximum atomic E-state index is 5.79. The van der Waals surface area contributed by atoms with E-state index in [9.17, 15) is 0 Å². The largest absolute Gasteiger partial charge is 0.491 e. The normalized spacial score (nSPS) is 10.8. The minimum Gasteiger partial charge on any atom is -0.491 e. The number of ether oxygens (including phenoxy) is 4. The van der Waals surface area contributed by atoms with E-state index in [1.807, 2.05) is 12.1 Å². The molecule has 1 aromatic carbocycles. The van der Waals surface area contributed by atoms with E-state index in [-0.39, 0.29) is 0 Å². The van der Waals surface area contributed by atoms with Crippen LogP contribution >= 0.6 is 11.6 Å². The van der Waals surface area contributed by atoms with Gasteiger partial charge in [-0.3, -0.25) is 0 Å². The van der Waals surface area contributed by atoms with Gasteiger partial charge in [-0.05, 0) is 30.7 Å². The number of benzene rings is 1. The molecule has 120 valence electrons. The second kappa shape index (κ2) is 12.9. The molecule has 1 rings (SSSR count). The molecule has 0 aromatic heterocycles. The second-order valence-electron chi connectivity index (χ2n) is 4.49. The maximum absolute atomic E-state index is 5.79. The fourth-order valence-corrected chi connectivity index (χ4v) is 1.66. The third-order valence-electron chi connectivity index (χ3n) is 2.70. The Bertz CT molecular complexity index is 343. The molecule has 0 amide bonds. The zero-order valence-electron chi connectivity index (χ0n) is 12.7. The second-order valence-corrected chi connectivity index (χ2v) is 4.93. The molecule has 4 nitrogen and oxygen atoms in total. The van der Waals surface area contributed by atoms with E-state index < -0.39 is 0 Å². The standard InChI is InChI=1S/C16H25ClO4/c1-2-3-8-18-9-10-19-11-12-20-13-14-21-16-6-4-15(17)5-7-16/h4-7H,2-3,8-14H2,1H3. The Morgan fingerprint density at radius 1 is 0.762 bits per heavy atom. The van der Waals surface area contributed by atoms with Crippen molar-refractivity contribution in [2.24, 2.45) is 0 Å². The Morgan fingerprint density at radius 2 is 1.29 bits per heavy atom. The Hall–Kier alpha value is -0.810. The van der Waals surface area contributed by atoms with Crippen LogP contribution < -0.4 is 4.74 Å². The van der Waals surface area contributed by atoms with Gasteiger partial charge in [0.2, 0.25) is 0 Å². The van der Waals surface area contributed by atoms with Crippen LogP contribution in [0.1, 0.15) is 19.8 Å². The van der Waals surface area contributed by atoms with Crippen LogP contribution in [0.2, 0.25) is 5.02 Å². The molecule has 0 fully saturated rings. The lowest BCUT2D eigenvalue weighted by atomic mass is 10.3. The zero-order valence-corrected chi connectivity index (χ0v) is 13.4. The highest BCUT2D eigenvalue weighted by molar-refractivity contribution is 6.30. The molecule has 0 aliphatic heterocycles. The highest BCUT2D eigenvalue weighted by atomic mass is 35.5. The van der Waals surface area contributed by atoms with Crippen molar-refractivity contribution in [2.75, 3.05) is 46.2 Å². The molecule has 0 aliphatic carbocycles. The van der Waals surface area contributed by atoms with Crippen molar-refractivity contribution in [1.82, 2.24) is 0 Å². The summed E-state index contributed by atoms with van der Waals surface area (Å²) >= 11 is 5.79. The van der Waals surface area contributed by atoms with Crippen molar-refractivity contribution < 1.29 is 18.9 Å². The third-order valence-corrected chi connectivity index (χ3v) is 2.95. The van der Waals surface area contributed by atoms with Gasteiger partial charge in [0.15, 0.2) is 0 Å². The van der Waals surface area contributed by atoms with Crippen LogP contribution in [0, 0.1) is 0 Å². The molecule has 1 aromatic rings. The van der Waals surface area contributed by atoms with Crippen LogP contribution in [0.15, 0.2) is 24.3 Å². The van der Waals surface area contributed by atoms with Crippen LogP contribution in [0.4, 0.5) is 0 Å². The Balaban J connectivity index is 1.81. The van der Waals surface area contributed by atoms with Crippen molar-refractivity contribution in [3.05, 3.63) is 29.3 Å². The first-order chi connectivity index (χ1) is 10.3. The lowest BCUT2D eigenvalue weighted by molar-refractivity contribution is 0.00895. The van der Waals surface area contributed by atoms with Crippen LogP contribution in [0.3, 0.4) is 0 Å². The predicted molar refractivity (Wildman–Crippen MR) is 84.3 cm³/mol. The Morgan fingerprint density at radius 3 is 1.86 bits per heavy atom. The van der Waals surface area contributed by atoms with Crippen LogP contribution in [-0.2, 0) is 14.2 Å². The molecule has 0 unspecified atom stereocenters. The molecule has 0 radical (unpaired) electrons. The summed E-state index contributed by atoms with van der Waals surface area (Å²) in [6, 6.07) is 7.27. The molecule has 21 heavy (non-hydrogen) atoms. The first-order valence-electron chi connectivity index (χ1n) is 7.44. The minimum atomic E-state index is 0.516. The molecule has 0 saturated heterocycles. The van der Waals surface area contributed by atoms with Gasteiger partial charge < -0.3 is 18.9 Å².